The van der Waals surface area contributed by atoms with Crippen LogP contribution >= 0.6 is 0 Å². The zero-order valence-electron chi connectivity index (χ0n) is 10.2. The Bertz CT molecular complexity index is 359. The second-order valence-electron chi connectivity index (χ2n) is 3.98. The summed E-state index contributed by atoms with van der Waals surface area (Å²) in [7, 11) is 0. The summed E-state index contributed by atoms with van der Waals surface area (Å²) >= 11 is 0. The van der Waals surface area contributed by atoms with Crippen molar-refractivity contribution in [3.8, 4) is 0 Å². The number of nitrogens with two attached hydrogens (primary N) is 1. The number of rotatable bonds is 6. The lowest BCUT2D eigenvalue weighted by Crippen LogP contribution is -2.44. The fourth-order valence-electron chi connectivity index (χ4n) is 1.50. The van der Waals surface area contributed by atoms with Crippen LogP contribution in [0.3, 0.4) is 0 Å². The Morgan fingerprint density at radius 2 is 2.31 bits per heavy atom. The highest BCUT2D eigenvalue weighted by molar-refractivity contribution is 5.79. The van der Waals surface area contributed by atoms with Crippen molar-refractivity contribution in [2.75, 3.05) is 6.54 Å². The van der Waals surface area contributed by atoms with E-state index in [1.807, 2.05) is 18.4 Å². The average molecular weight is 224 g/mol. The zero-order chi connectivity index (χ0) is 12.1. The lowest BCUT2D eigenvalue weighted by Gasteiger charge is -2.16. The summed E-state index contributed by atoms with van der Waals surface area (Å²) < 4.78 is 1.95. The van der Waals surface area contributed by atoms with Gasteiger partial charge in [-0.15, -0.1) is 0 Å². The molecule has 16 heavy (non-hydrogen) atoms. The molecule has 0 aliphatic heterocycles. The van der Waals surface area contributed by atoms with Gasteiger partial charge in [0, 0.05) is 12.2 Å². The standard InChI is InChI=1S/C11H20N4O/c1-4-5-13-10(11(12)16)6-15-7-14-8(2)9(15)3/h7,10,13H,4-6H2,1-3H3,(H2,12,16). The van der Waals surface area contributed by atoms with Gasteiger partial charge in [-0.3, -0.25) is 4.79 Å². The Labute approximate surface area is 96.0 Å². The van der Waals surface area contributed by atoms with E-state index >= 15 is 0 Å². The van der Waals surface area contributed by atoms with E-state index in [1.54, 1.807) is 6.33 Å². The first-order chi connectivity index (χ1) is 7.56. The molecule has 1 unspecified atom stereocenters. The molecule has 1 aromatic rings. The molecule has 1 rings (SSSR count). The summed E-state index contributed by atoms with van der Waals surface area (Å²) in [5.41, 5.74) is 7.41. The molecule has 0 bridgehead atoms. The SMILES string of the molecule is CCCNC(Cn1cnc(C)c1C)C(N)=O. The third kappa shape index (κ3) is 3.06. The van der Waals surface area contributed by atoms with Crippen LogP contribution in [0.5, 0.6) is 0 Å². The molecule has 1 amide bonds. The van der Waals surface area contributed by atoms with Crippen LogP contribution in [0.2, 0.25) is 0 Å². The largest absolute Gasteiger partial charge is 0.368 e. The molecule has 1 atom stereocenters. The Kier molecular flexibility index (Phi) is 4.49. The number of amides is 1. The minimum Gasteiger partial charge on any atom is -0.368 e. The number of aryl methyl sites for hydroxylation is 1. The van der Waals surface area contributed by atoms with Crippen LogP contribution < -0.4 is 11.1 Å². The van der Waals surface area contributed by atoms with Crippen molar-refractivity contribution in [1.29, 1.82) is 0 Å². The fraction of sp³-hybridized carbons (Fsp3) is 0.636. The van der Waals surface area contributed by atoms with Crippen LogP contribution in [0.15, 0.2) is 6.33 Å². The number of hydrogen-bond donors (Lipinski definition) is 2. The van der Waals surface area contributed by atoms with Crippen molar-refractivity contribution in [3.63, 3.8) is 0 Å². The monoisotopic (exact) mass is 224 g/mol. The van der Waals surface area contributed by atoms with E-state index in [4.69, 9.17) is 5.73 Å². The number of aromatic nitrogens is 2. The van der Waals surface area contributed by atoms with E-state index < -0.39 is 0 Å². The summed E-state index contributed by atoms with van der Waals surface area (Å²) in [5.74, 6) is -0.320. The molecule has 3 N–H and O–H groups in total. The first kappa shape index (κ1) is 12.7. The van der Waals surface area contributed by atoms with Gasteiger partial charge in [0.05, 0.1) is 12.0 Å². The predicted molar refractivity (Wildman–Crippen MR) is 63.0 cm³/mol. The summed E-state index contributed by atoms with van der Waals surface area (Å²) in [6, 6.07) is -0.327. The minimum atomic E-state index is -0.327. The highest BCUT2D eigenvalue weighted by Crippen LogP contribution is 2.05. The minimum absolute atomic E-state index is 0.320. The lowest BCUT2D eigenvalue weighted by atomic mass is 10.2. The normalized spacial score (nSPS) is 12.7. The van der Waals surface area contributed by atoms with E-state index in [2.05, 4.69) is 17.2 Å². The third-order valence-electron chi connectivity index (χ3n) is 2.71. The van der Waals surface area contributed by atoms with Gasteiger partial charge in [-0.2, -0.15) is 0 Å². The Hall–Kier alpha value is -1.36. The van der Waals surface area contributed by atoms with Crippen LogP contribution in [0.25, 0.3) is 0 Å². The molecule has 0 aliphatic rings. The van der Waals surface area contributed by atoms with Gasteiger partial charge in [0.2, 0.25) is 5.91 Å². The highest BCUT2D eigenvalue weighted by Gasteiger charge is 2.16. The molecule has 1 aromatic heterocycles. The quantitative estimate of drug-likeness (QED) is 0.732. The van der Waals surface area contributed by atoms with Crippen molar-refractivity contribution >= 4 is 5.91 Å². The number of imidazole rings is 1. The molecular weight excluding hydrogens is 204 g/mol. The number of carbonyl (C=O) groups is 1. The molecule has 0 saturated heterocycles. The average Bonchev–Trinajstić information content (AvgIpc) is 2.55. The van der Waals surface area contributed by atoms with Crippen molar-refractivity contribution in [2.24, 2.45) is 5.73 Å². The number of nitrogens with one attached hydrogen (secondary N) is 1. The fourth-order valence-corrected chi connectivity index (χ4v) is 1.50. The second kappa shape index (κ2) is 5.65. The Morgan fingerprint density at radius 1 is 1.62 bits per heavy atom. The van der Waals surface area contributed by atoms with Gasteiger partial charge < -0.3 is 15.6 Å². The van der Waals surface area contributed by atoms with Crippen LogP contribution in [0, 0.1) is 13.8 Å². The van der Waals surface area contributed by atoms with E-state index in [0.29, 0.717) is 6.54 Å². The van der Waals surface area contributed by atoms with Crippen LogP contribution in [0.1, 0.15) is 24.7 Å². The van der Waals surface area contributed by atoms with Crippen molar-refractivity contribution in [1.82, 2.24) is 14.9 Å². The number of nitrogens with zero attached hydrogens (tertiary/aromatic N) is 2. The summed E-state index contributed by atoms with van der Waals surface area (Å²) in [6.07, 6.45) is 2.72. The number of hydrogen-bond acceptors (Lipinski definition) is 3. The first-order valence-electron chi connectivity index (χ1n) is 5.57. The van der Waals surface area contributed by atoms with Gasteiger partial charge in [0.15, 0.2) is 0 Å². The molecule has 1 heterocycles. The maximum atomic E-state index is 11.3. The Morgan fingerprint density at radius 3 is 2.75 bits per heavy atom. The summed E-state index contributed by atoms with van der Waals surface area (Å²) in [6.45, 7) is 7.32. The molecule has 5 heteroatoms. The van der Waals surface area contributed by atoms with Crippen molar-refractivity contribution in [2.45, 2.75) is 39.8 Å². The maximum Gasteiger partial charge on any atom is 0.236 e. The van der Waals surface area contributed by atoms with Gasteiger partial charge in [-0.25, -0.2) is 4.98 Å². The molecule has 0 fully saturated rings. The van der Waals surface area contributed by atoms with E-state index in [0.717, 1.165) is 24.4 Å². The molecule has 0 aromatic carbocycles. The number of primary amides is 1. The van der Waals surface area contributed by atoms with E-state index in [9.17, 15) is 4.79 Å². The van der Waals surface area contributed by atoms with Gasteiger partial charge >= 0.3 is 0 Å². The maximum absolute atomic E-state index is 11.3. The second-order valence-corrected chi connectivity index (χ2v) is 3.98. The van der Waals surface area contributed by atoms with Crippen LogP contribution in [-0.2, 0) is 11.3 Å². The molecule has 0 saturated carbocycles. The number of carbonyl (C=O) groups excluding carboxylic acids is 1. The van der Waals surface area contributed by atoms with E-state index in [-0.39, 0.29) is 11.9 Å². The molecular formula is C11H20N4O. The molecule has 90 valence electrons. The zero-order valence-corrected chi connectivity index (χ0v) is 10.2. The van der Waals surface area contributed by atoms with Gasteiger partial charge in [-0.1, -0.05) is 6.92 Å². The lowest BCUT2D eigenvalue weighted by molar-refractivity contribution is -0.120. The van der Waals surface area contributed by atoms with Gasteiger partial charge in [0.1, 0.15) is 6.04 Å². The first-order valence-corrected chi connectivity index (χ1v) is 5.57. The summed E-state index contributed by atoms with van der Waals surface area (Å²) in [5, 5.41) is 3.13. The van der Waals surface area contributed by atoms with Gasteiger partial charge in [-0.05, 0) is 26.8 Å². The molecule has 0 aliphatic carbocycles. The Balaban J connectivity index is 2.68. The van der Waals surface area contributed by atoms with Crippen LogP contribution in [0.4, 0.5) is 0 Å². The summed E-state index contributed by atoms with van der Waals surface area (Å²) in [4.78, 5) is 15.4. The topological polar surface area (TPSA) is 72.9 Å². The third-order valence-corrected chi connectivity index (χ3v) is 2.71. The van der Waals surface area contributed by atoms with E-state index in [1.165, 1.54) is 0 Å². The molecule has 0 spiro atoms. The van der Waals surface area contributed by atoms with Gasteiger partial charge in [0.25, 0.3) is 0 Å². The molecule has 5 nitrogen and oxygen atoms in total. The van der Waals surface area contributed by atoms with Crippen LogP contribution in [-0.4, -0.2) is 28.0 Å². The smallest absolute Gasteiger partial charge is 0.236 e. The predicted octanol–water partition coefficient (Wildman–Crippen LogP) is 0.353. The van der Waals surface area contributed by atoms with Crippen molar-refractivity contribution < 1.29 is 4.79 Å². The van der Waals surface area contributed by atoms with Crippen molar-refractivity contribution in [3.05, 3.63) is 17.7 Å². The highest BCUT2D eigenvalue weighted by atomic mass is 16.1. The molecule has 0 radical (unpaired) electrons.